The Morgan fingerprint density at radius 1 is 0.958 bits per heavy atom. The van der Waals surface area contributed by atoms with Gasteiger partial charge in [-0.1, -0.05) is 60.1 Å². The van der Waals surface area contributed by atoms with Crippen molar-refractivity contribution in [3.8, 4) is 0 Å². The second-order valence-corrected chi connectivity index (χ2v) is 6.34. The topological polar surface area (TPSA) is 23.6 Å². The van der Waals surface area contributed by atoms with Crippen LogP contribution in [0.25, 0.3) is 6.08 Å². The number of benzene rings is 2. The van der Waals surface area contributed by atoms with Crippen LogP contribution in [0, 0.1) is 0 Å². The Kier molecular flexibility index (Phi) is 5.68. The van der Waals surface area contributed by atoms with Crippen LogP contribution in [0.4, 0.5) is 0 Å². The normalized spacial score (nSPS) is 15.8. The van der Waals surface area contributed by atoms with Gasteiger partial charge in [-0.2, -0.15) is 0 Å². The van der Waals surface area contributed by atoms with Crippen LogP contribution in [0.5, 0.6) is 0 Å². The summed E-state index contributed by atoms with van der Waals surface area (Å²) in [5, 5.41) is 0.807. The molecule has 3 nitrogen and oxygen atoms in total. The quantitative estimate of drug-likeness (QED) is 0.792. The van der Waals surface area contributed by atoms with Crippen molar-refractivity contribution in [2.45, 2.75) is 6.54 Å². The van der Waals surface area contributed by atoms with Gasteiger partial charge in [-0.05, 0) is 23.3 Å². The van der Waals surface area contributed by atoms with E-state index in [4.69, 9.17) is 11.6 Å². The molecule has 1 amide bonds. The van der Waals surface area contributed by atoms with Crippen LogP contribution in [0.1, 0.15) is 11.1 Å². The third-order valence-corrected chi connectivity index (χ3v) is 4.62. The van der Waals surface area contributed by atoms with Gasteiger partial charge in [0.15, 0.2) is 0 Å². The van der Waals surface area contributed by atoms with E-state index >= 15 is 0 Å². The van der Waals surface area contributed by atoms with Gasteiger partial charge in [-0.25, -0.2) is 0 Å². The van der Waals surface area contributed by atoms with Gasteiger partial charge in [-0.3, -0.25) is 9.69 Å². The Morgan fingerprint density at radius 2 is 1.62 bits per heavy atom. The van der Waals surface area contributed by atoms with Crippen molar-refractivity contribution in [2.75, 3.05) is 26.2 Å². The Balaban J connectivity index is 1.50. The average molecular weight is 341 g/mol. The maximum absolute atomic E-state index is 12.3. The highest BCUT2D eigenvalue weighted by Gasteiger charge is 2.20. The van der Waals surface area contributed by atoms with E-state index in [9.17, 15) is 4.79 Å². The minimum atomic E-state index is 0.0799. The van der Waals surface area contributed by atoms with E-state index in [0.717, 1.165) is 48.9 Å². The Hall–Kier alpha value is -2.10. The molecule has 24 heavy (non-hydrogen) atoms. The number of carbonyl (C=O) groups excluding carboxylic acids is 1. The first-order chi connectivity index (χ1) is 11.7. The summed E-state index contributed by atoms with van der Waals surface area (Å²) < 4.78 is 0. The Labute approximate surface area is 148 Å². The van der Waals surface area contributed by atoms with Gasteiger partial charge in [0.2, 0.25) is 5.91 Å². The van der Waals surface area contributed by atoms with E-state index in [1.807, 2.05) is 59.5 Å². The second-order valence-electron chi connectivity index (χ2n) is 5.94. The highest BCUT2D eigenvalue weighted by atomic mass is 35.5. The Morgan fingerprint density at radius 3 is 2.33 bits per heavy atom. The number of hydrogen-bond donors (Lipinski definition) is 0. The van der Waals surface area contributed by atoms with E-state index in [1.165, 1.54) is 0 Å². The number of halogens is 1. The lowest BCUT2D eigenvalue weighted by molar-refractivity contribution is -0.127. The first kappa shape index (κ1) is 16.7. The molecule has 1 fully saturated rings. The van der Waals surface area contributed by atoms with Crippen LogP contribution in [0.2, 0.25) is 5.02 Å². The molecule has 2 aromatic rings. The predicted molar refractivity (Wildman–Crippen MR) is 98.8 cm³/mol. The molecule has 1 aliphatic heterocycles. The maximum atomic E-state index is 12.3. The predicted octanol–water partition coefficient (Wildman–Crippen LogP) is 3.70. The van der Waals surface area contributed by atoms with Crippen LogP contribution in [-0.2, 0) is 11.3 Å². The molecule has 0 saturated carbocycles. The Bertz CT molecular complexity index is 707. The maximum Gasteiger partial charge on any atom is 0.246 e. The van der Waals surface area contributed by atoms with Crippen molar-refractivity contribution in [1.82, 2.24) is 9.80 Å². The molecule has 1 heterocycles. The fourth-order valence-electron chi connectivity index (χ4n) is 2.83. The summed E-state index contributed by atoms with van der Waals surface area (Å²) >= 11 is 6.22. The highest BCUT2D eigenvalue weighted by molar-refractivity contribution is 6.31. The van der Waals surface area contributed by atoms with Crippen LogP contribution in [0.15, 0.2) is 60.7 Å². The summed E-state index contributed by atoms with van der Waals surface area (Å²) in [4.78, 5) is 16.5. The van der Waals surface area contributed by atoms with Crippen LogP contribution >= 0.6 is 11.6 Å². The molecule has 1 aliphatic rings. The molecular formula is C20H21ClN2O. The van der Waals surface area contributed by atoms with Gasteiger partial charge >= 0.3 is 0 Å². The molecule has 0 aromatic heterocycles. The molecule has 0 N–H and O–H groups in total. The third kappa shape index (κ3) is 4.47. The highest BCUT2D eigenvalue weighted by Crippen LogP contribution is 2.18. The summed E-state index contributed by atoms with van der Waals surface area (Å²) in [6, 6.07) is 17.8. The average Bonchev–Trinajstić information content (AvgIpc) is 2.63. The van der Waals surface area contributed by atoms with Crippen LogP contribution in [-0.4, -0.2) is 41.9 Å². The summed E-state index contributed by atoms with van der Waals surface area (Å²) in [7, 11) is 0. The summed E-state index contributed by atoms with van der Waals surface area (Å²) in [6.45, 7) is 4.08. The summed E-state index contributed by atoms with van der Waals surface area (Å²) in [5.74, 6) is 0.0799. The molecular weight excluding hydrogens is 320 g/mol. The SMILES string of the molecule is O=C(C=Cc1ccccc1)N1CCN(Cc2ccccc2Cl)CC1. The first-order valence-electron chi connectivity index (χ1n) is 8.20. The number of nitrogens with zero attached hydrogens (tertiary/aromatic N) is 2. The van der Waals surface area contributed by atoms with Gasteiger partial charge in [0.05, 0.1) is 0 Å². The van der Waals surface area contributed by atoms with Gasteiger partial charge in [0.1, 0.15) is 0 Å². The van der Waals surface area contributed by atoms with Crippen molar-refractivity contribution in [3.05, 3.63) is 76.8 Å². The first-order valence-corrected chi connectivity index (χ1v) is 8.58. The second kappa shape index (κ2) is 8.13. The zero-order valence-corrected chi connectivity index (χ0v) is 14.3. The minimum absolute atomic E-state index is 0.0799. The molecule has 1 saturated heterocycles. The lowest BCUT2D eigenvalue weighted by atomic mass is 10.2. The van der Waals surface area contributed by atoms with Gasteiger partial charge in [-0.15, -0.1) is 0 Å². The lowest BCUT2D eigenvalue weighted by Crippen LogP contribution is -2.47. The third-order valence-electron chi connectivity index (χ3n) is 4.25. The van der Waals surface area contributed by atoms with Crippen molar-refractivity contribution in [1.29, 1.82) is 0 Å². The zero-order chi connectivity index (χ0) is 16.8. The molecule has 0 spiro atoms. The van der Waals surface area contributed by atoms with E-state index < -0.39 is 0 Å². The minimum Gasteiger partial charge on any atom is -0.337 e. The van der Waals surface area contributed by atoms with Crippen LogP contribution in [0.3, 0.4) is 0 Å². The van der Waals surface area contributed by atoms with Gasteiger partial charge in [0, 0.05) is 43.8 Å². The number of piperazine rings is 1. The molecule has 3 rings (SSSR count). The summed E-state index contributed by atoms with van der Waals surface area (Å²) in [5.41, 5.74) is 2.19. The van der Waals surface area contributed by atoms with Crippen molar-refractivity contribution in [3.63, 3.8) is 0 Å². The number of carbonyl (C=O) groups is 1. The smallest absolute Gasteiger partial charge is 0.246 e. The molecule has 0 radical (unpaired) electrons. The molecule has 2 aromatic carbocycles. The lowest BCUT2D eigenvalue weighted by Gasteiger charge is -2.34. The van der Waals surface area contributed by atoms with Gasteiger partial charge < -0.3 is 4.90 Å². The molecule has 124 valence electrons. The number of rotatable bonds is 4. The fourth-order valence-corrected chi connectivity index (χ4v) is 3.03. The molecule has 0 bridgehead atoms. The number of amides is 1. The molecule has 0 atom stereocenters. The van der Waals surface area contributed by atoms with E-state index in [1.54, 1.807) is 6.08 Å². The molecule has 0 aliphatic carbocycles. The van der Waals surface area contributed by atoms with Crippen molar-refractivity contribution < 1.29 is 4.79 Å². The van der Waals surface area contributed by atoms with E-state index in [0.29, 0.717) is 0 Å². The van der Waals surface area contributed by atoms with Gasteiger partial charge in [0.25, 0.3) is 0 Å². The van der Waals surface area contributed by atoms with Crippen molar-refractivity contribution >= 4 is 23.6 Å². The summed E-state index contributed by atoms with van der Waals surface area (Å²) in [6.07, 6.45) is 3.54. The standard InChI is InChI=1S/C20H21ClN2O/c21-19-9-5-4-8-18(19)16-22-12-14-23(15-13-22)20(24)11-10-17-6-2-1-3-7-17/h1-11H,12-16H2. The van der Waals surface area contributed by atoms with E-state index in [2.05, 4.69) is 11.0 Å². The van der Waals surface area contributed by atoms with Crippen molar-refractivity contribution in [2.24, 2.45) is 0 Å². The van der Waals surface area contributed by atoms with Crippen LogP contribution < -0.4 is 0 Å². The number of hydrogen-bond acceptors (Lipinski definition) is 2. The fraction of sp³-hybridized carbons (Fsp3) is 0.250. The monoisotopic (exact) mass is 340 g/mol. The van der Waals surface area contributed by atoms with E-state index in [-0.39, 0.29) is 5.91 Å². The zero-order valence-electron chi connectivity index (χ0n) is 13.6. The molecule has 4 heteroatoms. The largest absolute Gasteiger partial charge is 0.337 e. The molecule has 0 unspecified atom stereocenters.